The molecule has 2 heterocycles. The quantitative estimate of drug-likeness (QED) is 0.864. The molecule has 2 nitrogen and oxygen atoms in total. The van der Waals surface area contributed by atoms with Gasteiger partial charge < -0.3 is 5.32 Å². The van der Waals surface area contributed by atoms with Gasteiger partial charge in [-0.1, -0.05) is 17.7 Å². The highest BCUT2D eigenvalue weighted by Crippen LogP contribution is 2.26. The third kappa shape index (κ3) is 2.43. The molecule has 3 heteroatoms. The molecule has 1 N–H and O–H groups in total. The number of hydrogen-bond donors (Lipinski definition) is 1. The summed E-state index contributed by atoms with van der Waals surface area (Å²) in [6.45, 7) is 6.14. The van der Waals surface area contributed by atoms with E-state index in [2.05, 4.69) is 10.2 Å². The van der Waals surface area contributed by atoms with Crippen LogP contribution in [0.1, 0.15) is 24.0 Å². The highest BCUT2D eigenvalue weighted by atomic mass is 19.1. The van der Waals surface area contributed by atoms with Crippen LogP contribution in [0.4, 0.5) is 4.39 Å². The monoisotopic (exact) mass is 248 g/mol. The van der Waals surface area contributed by atoms with Crippen LogP contribution in [0.15, 0.2) is 18.2 Å². The van der Waals surface area contributed by atoms with Gasteiger partial charge in [-0.05, 0) is 44.8 Å². The molecular formula is C15H21FN2. The Kier molecular flexibility index (Phi) is 3.35. The molecule has 18 heavy (non-hydrogen) atoms. The van der Waals surface area contributed by atoms with E-state index in [-0.39, 0.29) is 5.82 Å². The van der Waals surface area contributed by atoms with Crippen LogP contribution in [0.25, 0.3) is 0 Å². The van der Waals surface area contributed by atoms with E-state index in [1.165, 1.54) is 12.8 Å². The summed E-state index contributed by atoms with van der Waals surface area (Å²) in [6.07, 6.45) is 2.48. The summed E-state index contributed by atoms with van der Waals surface area (Å²) < 4.78 is 13.8. The molecule has 2 fully saturated rings. The standard InChI is InChI=1S/C15H21FN2/c1-11-2-3-14(16)13(8-11)10-18-7-5-15-12(9-18)4-6-17-15/h2-3,8,12,15,17H,4-7,9-10H2,1H3. The molecule has 98 valence electrons. The molecule has 0 bridgehead atoms. The Morgan fingerprint density at radius 1 is 1.39 bits per heavy atom. The van der Waals surface area contributed by atoms with Crippen LogP contribution in [0.2, 0.25) is 0 Å². The van der Waals surface area contributed by atoms with Gasteiger partial charge in [0.25, 0.3) is 0 Å². The molecule has 1 aromatic rings. The van der Waals surface area contributed by atoms with E-state index in [4.69, 9.17) is 0 Å². The number of aryl methyl sites for hydroxylation is 1. The fourth-order valence-electron chi connectivity index (χ4n) is 3.33. The summed E-state index contributed by atoms with van der Waals surface area (Å²) in [5.41, 5.74) is 1.99. The van der Waals surface area contributed by atoms with Gasteiger partial charge >= 0.3 is 0 Å². The molecule has 1 aromatic carbocycles. The molecule has 0 aromatic heterocycles. The summed E-state index contributed by atoms with van der Waals surface area (Å²) >= 11 is 0. The lowest BCUT2D eigenvalue weighted by molar-refractivity contribution is 0.154. The Balaban J connectivity index is 1.67. The van der Waals surface area contributed by atoms with Crippen molar-refractivity contribution in [3.8, 4) is 0 Å². The summed E-state index contributed by atoms with van der Waals surface area (Å²) in [4.78, 5) is 2.41. The Bertz CT molecular complexity index is 433. The number of hydrogen-bond acceptors (Lipinski definition) is 2. The zero-order valence-electron chi connectivity index (χ0n) is 11.0. The van der Waals surface area contributed by atoms with Crippen molar-refractivity contribution in [2.24, 2.45) is 5.92 Å². The smallest absolute Gasteiger partial charge is 0.127 e. The van der Waals surface area contributed by atoms with E-state index in [0.29, 0.717) is 6.04 Å². The van der Waals surface area contributed by atoms with E-state index in [1.807, 2.05) is 19.1 Å². The average Bonchev–Trinajstić information content (AvgIpc) is 2.81. The van der Waals surface area contributed by atoms with Gasteiger partial charge in [-0.2, -0.15) is 0 Å². The normalized spacial score (nSPS) is 28.3. The lowest BCUT2D eigenvalue weighted by Gasteiger charge is -2.34. The Hall–Kier alpha value is -0.930. The predicted octanol–water partition coefficient (Wildman–Crippen LogP) is 2.32. The highest BCUT2D eigenvalue weighted by Gasteiger charge is 2.32. The minimum absolute atomic E-state index is 0.0627. The zero-order chi connectivity index (χ0) is 12.5. The van der Waals surface area contributed by atoms with Gasteiger partial charge in [-0.15, -0.1) is 0 Å². The van der Waals surface area contributed by atoms with Crippen molar-refractivity contribution >= 4 is 0 Å². The fraction of sp³-hybridized carbons (Fsp3) is 0.600. The van der Waals surface area contributed by atoms with Crippen LogP contribution in [-0.4, -0.2) is 30.6 Å². The first kappa shape index (κ1) is 12.1. The molecule has 3 rings (SSSR count). The second-order valence-electron chi connectivity index (χ2n) is 5.73. The molecular weight excluding hydrogens is 227 g/mol. The zero-order valence-corrected chi connectivity index (χ0v) is 11.0. The van der Waals surface area contributed by atoms with Crippen molar-refractivity contribution in [3.05, 3.63) is 35.1 Å². The molecule has 0 aliphatic carbocycles. The third-order valence-electron chi connectivity index (χ3n) is 4.33. The van der Waals surface area contributed by atoms with Crippen LogP contribution in [-0.2, 0) is 6.54 Å². The molecule has 2 aliphatic heterocycles. The van der Waals surface area contributed by atoms with Crippen LogP contribution in [0, 0.1) is 18.7 Å². The van der Waals surface area contributed by atoms with Gasteiger partial charge in [0, 0.05) is 24.7 Å². The number of nitrogens with zero attached hydrogens (tertiary/aromatic N) is 1. The van der Waals surface area contributed by atoms with Gasteiger partial charge in [0.1, 0.15) is 5.82 Å². The SMILES string of the molecule is Cc1ccc(F)c(CN2CCC3NCCC3C2)c1. The summed E-state index contributed by atoms with van der Waals surface area (Å²) in [5.74, 6) is 0.707. The fourth-order valence-corrected chi connectivity index (χ4v) is 3.33. The van der Waals surface area contributed by atoms with Crippen molar-refractivity contribution in [1.29, 1.82) is 0 Å². The van der Waals surface area contributed by atoms with Crippen LogP contribution < -0.4 is 5.32 Å². The van der Waals surface area contributed by atoms with Gasteiger partial charge in [0.05, 0.1) is 0 Å². The minimum Gasteiger partial charge on any atom is -0.314 e. The maximum absolute atomic E-state index is 13.8. The molecule has 0 saturated carbocycles. The largest absolute Gasteiger partial charge is 0.314 e. The topological polar surface area (TPSA) is 15.3 Å². The van der Waals surface area contributed by atoms with Crippen molar-refractivity contribution in [2.75, 3.05) is 19.6 Å². The first-order chi connectivity index (χ1) is 8.72. The number of rotatable bonds is 2. The maximum atomic E-state index is 13.8. The lowest BCUT2D eigenvalue weighted by atomic mass is 9.93. The van der Waals surface area contributed by atoms with Crippen molar-refractivity contribution < 1.29 is 4.39 Å². The first-order valence-electron chi connectivity index (χ1n) is 6.93. The van der Waals surface area contributed by atoms with Crippen LogP contribution in [0.3, 0.4) is 0 Å². The predicted molar refractivity (Wildman–Crippen MR) is 70.9 cm³/mol. The van der Waals surface area contributed by atoms with Gasteiger partial charge in [0.2, 0.25) is 0 Å². The lowest BCUT2D eigenvalue weighted by Crippen LogP contribution is -2.44. The number of nitrogens with one attached hydrogen (secondary N) is 1. The van der Waals surface area contributed by atoms with Gasteiger partial charge in [-0.25, -0.2) is 4.39 Å². The van der Waals surface area contributed by atoms with Crippen LogP contribution >= 0.6 is 0 Å². The Morgan fingerprint density at radius 3 is 3.17 bits per heavy atom. The molecule has 0 radical (unpaired) electrons. The summed E-state index contributed by atoms with van der Waals surface area (Å²) in [6, 6.07) is 6.12. The summed E-state index contributed by atoms with van der Waals surface area (Å²) in [5, 5.41) is 3.56. The minimum atomic E-state index is -0.0627. The molecule has 0 spiro atoms. The number of piperidine rings is 1. The van der Waals surface area contributed by atoms with Crippen LogP contribution in [0.5, 0.6) is 0 Å². The van der Waals surface area contributed by atoms with E-state index in [0.717, 1.165) is 43.2 Å². The number of fused-ring (bicyclic) bond motifs is 1. The third-order valence-corrected chi connectivity index (χ3v) is 4.33. The number of benzene rings is 1. The molecule has 0 amide bonds. The summed E-state index contributed by atoms with van der Waals surface area (Å²) in [7, 11) is 0. The second-order valence-corrected chi connectivity index (χ2v) is 5.73. The van der Waals surface area contributed by atoms with E-state index >= 15 is 0 Å². The van der Waals surface area contributed by atoms with Crippen molar-refractivity contribution in [1.82, 2.24) is 10.2 Å². The van der Waals surface area contributed by atoms with Crippen molar-refractivity contribution in [3.63, 3.8) is 0 Å². The average molecular weight is 248 g/mol. The first-order valence-corrected chi connectivity index (χ1v) is 6.93. The Labute approximate surface area is 108 Å². The Morgan fingerprint density at radius 2 is 2.28 bits per heavy atom. The van der Waals surface area contributed by atoms with Gasteiger partial charge in [-0.3, -0.25) is 4.90 Å². The highest BCUT2D eigenvalue weighted by molar-refractivity contribution is 5.24. The van der Waals surface area contributed by atoms with E-state index < -0.39 is 0 Å². The molecule has 2 saturated heterocycles. The molecule has 2 atom stereocenters. The van der Waals surface area contributed by atoms with Crippen molar-refractivity contribution in [2.45, 2.75) is 32.4 Å². The maximum Gasteiger partial charge on any atom is 0.127 e. The number of halogens is 1. The van der Waals surface area contributed by atoms with E-state index in [9.17, 15) is 4.39 Å². The second kappa shape index (κ2) is 4.98. The number of likely N-dealkylation sites (tertiary alicyclic amines) is 1. The van der Waals surface area contributed by atoms with Gasteiger partial charge in [0.15, 0.2) is 0 Å². The van der Waals surface area contributed by atoms with E-state index in [1.54, 1.807) is 6.07 Å². The molecule has 2 aliphatic rings. The molecule has 2 unspecified atom stereocenters.